The molecule has 122 valence electrons. The van der Waals surface area contributed by atoms with Crippen molar-refractivity contribution >= 4 is 22.4 Å². The van der Waals surface area contributed by atoms with Gasteiger partial charge in [0.15, 0.2) is 5.13 Å². The van der Waals surface area contributed by atoms with Crippen LogP contribution in [0, 0.1) is 13.8 Å². The number of aromatic nitrogens is 3. The van der Waals surface area contributed by atoms with Crippen molar-refractivity contribution in [2.45, 2.75) is 39.9 Å². The summed E-state index contributed by atoms with van der Waals surface area (Å²) in [6.07, 6.45) is 0. The van der Waals surface area contributed by atoms with Crippen molar-refractivity contribution in [2.24, 2.45) is 7.05 Å². The molecule has 3 rings (SSSR count). The molecule has 0 fully saturated rings. The highest BCUT2D eigenvalue weighted by atomic mass is 32.1. The van der Waals surface area contributed by atoms with Gasteiger partial charge in [-0.25, -0.2) is 9.97 Å². The molecule has 1 atom stereocenters. The van der Waals surface area contributed by atoms with Crippen molar-refractivity contribution in [1.29, 1.82) is 0 Å². The number of nitrogens with one attached hydrogen (secondary N) is 1. The number of fused-ring (bicyclic) bond motifs is 1. The molecule has 8 heteroatoms. The van der Waals surface area contributed by atoms with Crippen LogP contribution in [-0.2, 0) is 24.9 Å². The molecule has 23 heavy (non-hydrogen) atoms. The van der Waals surface area contributed by atoms with Gasteiger partial charge in [-0.2, -0.15) is 0 Å². The van der Waals surface area contributed by atoms with Gasteiger partial charge in [0.1, 0.15) is 5.82 Å². The SMILES string of the molecule is Cc1csc(NC(=O)C(C)N2Cc3nc(C)n(C)c(=O)c3C2)n1. The summed E-state index contributed by atoms with van der Waals surface area (Å²) < 4.78 is 1.55. The summed E-state index contributed by atoms with van der Waals surface area (Å²) in [5.74, 6) is 0.562. The zero-order valence-electron chi connectivity index (χ0n) is 13.6. The van der Waals surface area contributed by atoms with Gasteiger partial charge in [-0.3, -0.25) is 19.1 Å². The fourth-order valence-electron chi connectivity index (χ4n) is 2.61. The molecule has 1 aliphatic heterocycles. The Morgan fingerprint density at radius 1 is 1.35 bits per heavy atom. The molecule has 0 bridgehead atoms. The zero-order chi connectivity index (χ0) is 16.7. The van der Waals surface area contributed by atoms with E-state index in [0.29, 0.717) is 29.6 Å². The predicted molar refractivity (Wildman–Crippen MR) is 88.4 cm³/mol. The minimum atomic E-state index is -0.363. The topological polar surface area (TPSA) is 80.1 Å². The largest absolute Gasteiger partial charge is 0.301 e. The molecule has 0 aliphatic carbocycles. The lowest BCUT2D eigenvalue weighted by Gasteiger charge is -2.21. The quantitative estimate of drug-likeness (QED) is 0.913. The molecule has 1 aliphatic rings. The lowest BCUT2D eigenvalue weighted by Crippen LogP contribution is -2.39. The summed E-state index contributed by atoms with van der Waals surface area (Å²) in [5, 5.41) is 5.32. The van der Waals surface area contributed by atoms with Crippen molar-refractivity contribution in [3.63, 3.8) is 0 Å². The van der Waals surface area contributed by atoms with Gasteiger partial charge in [-0.05, 0) is 20.8 Å². The van der Waals surface area contributed by atoms with Crippen LogP contribution in [0.5, 0.6) is 0 Å². The van der Waals surface area contributed by atoms with Crippen molar-refractivity contribution < 1.29 is 4.79 Å². The second-order valence-electron chi connectivity index (χ2n) is 5.81. The number of thiazole rings is 1. The molecule has 0 saturated carbocycles. The van der Waals surface area contributed by atoms with Gasteiger partial charge in [-0.15, -0.1) is 11.3 Å². The summed E-state index contributed by atoms with van der Waals surface area (Å²) in [6.45, 7) is 6.49. The van der Waals surface area contributed by atoms with E-state index < -0.39 is 0 Å². The molecule has 1 unspecified atom stereocenters. The lowest BCUT2D eigenvalue weighted by molar-refractivity contribution is -0.120. The normalized spacial score (nSPS) is 15.5. The molecule has 0 aromatic carbocycles. The van der Waals surface area contributed by atoms with E-state index in [9.17, 15) is 9.59 Å². The average molecular weight is 333 g/mol. The maximum absolute atomic E-state index is 12.4. The third-order valence-corrected chi connectivity index (χ3v) is 5.06. The highest BCUT2D eigenvalue weighted by Gasteiger charge is 2.31. The van der Waals surface area contributed by atoms with Crippen LogP contribution in [-0.4, -0.2) is 31.4 Å². The molecule has 1 amide bonds. The first-order valence-electron chi connectivity index (χ1n) is 7.39. The van der Waals surface area contributed by atoms with Crippen LogP contribution in [0.15, 0.2) is 10.2 Å². The van der Waals surface area contributed by atoms with Crippen LogP contribution in [0.1, 0.15) is 29.7 Å². The second kappa shape index (κ2) is 5.86. The number of aryl methyl sites for hydroxylation is 2. The van der Waals surface area contributed by atoms with E-state index in [1.54, 1.807) is 11.6 Å². The Labute approximate surface area is 138 Å². The van der Waals surface area contributed by atoms with Crippen LogP contribution in [0.3, 0.4) is 0 Å². The number of hydrogen-bond donors (Lipinski definition) is 1. The fraction of sp³-hybridized carbons (Fsp3) is 0.467. The fourth-order valence-corrected chi connectivity index (χ4v) is 3.30. The Balaban J connectivity index is 1.75. The Bertz CT molecular complexity index is 826. The Morgan fingerprint density at radius 3 is 2.74 bits per heavy atom. The lowest BCUT2D eigenvalue weighted by atomic mass is 10.2. The third kappa shape index (κ3) is 2.91. The predicted octanol–water partition coefficient (Wildman–Crippen LogP) is 1.20. The number of hydrogen-bond acceptors (Lipinski definition) is 6. The van der Waals surface area contributed by atoms with Crippen LogP contribution in [0.2, 0.25) is 0 Å². The molecule has 3 heterocycles. The highest BCUT2D eigenvalue weighted by molar-refractivity contribution is 7.13. The summed E-state index contributed by atoms with van der Waals surface area (Å²) in [7, 11) is 1.72. The molecule has 1 N–H and O–H groups in total. The molecule has 0 saturated heterocycles. The monoisotopic (exact) mass is 333 g/mol. The summed E-state index contributed by atoms with van der Waals surface area (Å²) in [4.78, 5) is 35.4. The molecular formula is C15H19N5O2S. The van der Waals surface area contributed by atoms with E-state index in [2.05, 4.69) is 15.3 Å². The third-order valence-electron chi connectivity index (χ3n) is 4.18. The van der Waals surface area contributed by atoms with Gasteiger partial charge >= 0.3 is 0 Å². The number of amides is 1. The standard InChI is InChI=1S/C15H19N5O2S/c1-8-7-23-15(16-8)18-13(21)9(2)20-5-11-12(6-20)17-10(3)19(4)14(11)22/h7,9H,5-6H2,1-4H3,(H,16,18,21). The van der Waals surface area contributed by atoms with E-state index in [-0.39, 0.29) is 17.5 Å². The summed E-state index contributed by atoms with van der Waals surface area (Å²) in [6, 6.07) is -0.363. The van der Waals surface area contributed by atoms with Gasteiger partial charge in [0.2, 0.25) is 5.91 Å². The van der Waals surface area contributed by atoms with Crippen molar-refractivity contribution in [3.05, 3.63) is 38.5 Å². The van der Waals surface area contributed by atoms with Gasteiger partial charge < -0.3 is 5.32 Å². The van der Waals surface area contributed by atoms with E-state index in [0.717, 1.165) is 11.4 Å². The smallest absolute Gasteiger partial charge is 0.258 e. The van der Waals surface area contributed by atoms with E-state index in [1.165, 1.54) is 11.3 Å². The maximum Gasteiger partial charge on any atom is 0.258 e. The Hall–Kier alpha value is -2.06. The first-order chi connectivity index (χ1) is 10.9. The van der Waals surface area contributed by atoms with E-state index in [1.807, 2.05) is 31.1 Å². The highest BCUT2D eigenvalue weighted by Crippen LogP contribution is 2.22. The number of anilines is 1. The maximum atomic E-state index is 12.4. The number of nitrogens with zero attached hydrogens (tertiary/aromatic N) is 4. The Kier molecular flexibility index (Phi) is 4.03. The van der Waals surface area contributed by atoms with Crippen molar-refractivity contribution in [3.8, 4) is 0 Å². The molecule has 0 spiro atoms. The number of rotatable bonds is 3. The molecule has 7 nitrogen and oxygen atoms in total. The molecule has 2 aromatic heterocycles. The van der Waals surface area contributed by atoms with Crippen LogP contribution in [0.4, 0.5) is 5.13 Å². The minimum Gasteiger partial charge on any atom is -0.301 e. The summed E-state index contributed by atoms with van der Waals surface area (Å²) >= 11 is 1.40. The van der Waals surface area contributed by atoms with Crippen LogP contribution >= 0.6 is 11.3 Å². The zero-order valence-corrected chi connectivity index (χ0v) is 14.4. The average Bonchev–Trinajstić information content (AvgIpc) is 3.10. The van der Waals surface area contributed by atoms with Crippen LogP contribution in [0.25, 0.3) is 0 Å². The van der Waals surface area contributed by atoms with Crippen LogP contribution < -0.4 is 10.9 Å². The number of carbonyl (C=O) groups is 1. The van der Waals surface area contributed by atoms with E-state index >= 15 is 0 Å². The Morgan fingerprint density at radius 2 is 2.09 bits per heavy atom. The van der Waals surface area contributed by atoms with E-state index in [4.69, 9.17) is 0 Å². The number of carbonyl (C=O) groups excluding carboxylic acids is 1. The molecule has 0 radical (unpaired) electrons. The van der Waals surface area contributed by atoms with Crippen molar-refractivity contribution in [2.75, 3.05) is 5.32 Å². The molecule has 2 aromatic rings. The van der Waals surface area contributed by atoms with Gasteiger partial charge in [0, 0.05) is 25.5 Å². The second-order valence-corrected chi connectivity index (χ2v) is 6.67. The minimum absolute atomic E-state index is 0.0295. The van der Waals surface area contributed by atoms with Gasteiger partial charge in [0.25, 0.3) is 5.56 Å². The van der Waals surface area contributed by atoms with Gasteiger partial charge in [0.05, 0.1) is 23.0 Å². The molecular weight excluding hydrogens is 314 g/mol. The van der Waals surface area contributed by atoms with Crippen molar-refractivity contribution in [1.82, 2.24) is 19.4 Å². The van der Waals surface area contributed by atoms with Gasteiger partial charge in [-0.1, -0.05) is 0 Å². The first kappa shape index (κ1) is 15.8. The first-order valence-corrected chi connectivity index (χ1v) is 8.27. The summed E-state index contributed by atoms with van der Waals surface area (Å²) in [5.41, 5.74) is 2.31.